The van der Waals surface area contributed by atoms with Crippen LogP contribution in [-0.2, 0) is 21.4 Å². The second-order valence-corrected chi connectivity index (χ2v) is 9.14. The molecular formula is C19H21N5O3S2. The van der Waals surface area contributed by atoms with Crippen molar-refractivity contribution in [3.05, 3.63) is 66.0 Å². The van der Waals surface area contributed by atoms with Gasteiger partial charge in [0.25, 0.3) is 0 Å². The van der Waals surface area contributed by atoms with Gasteiger partial charge in [-0.25, -0.2) is 13.1 Å². The zero-order valence-electron chi connectivity index (χ0n) is 16.0. The van der Waals surface area contributed by atoms with E-state index in [1.165, 1.54) is 11.8 Å². The van der Waals surface area contributed by atoms with Crippen molar-refractivity contribution < 1.29 is 13.2 Å². The van der Waals surface area contributed by atoms with Crippen molar-refractivity contribution in [3.63, 3.8) is 0 Å². The second kappa shape index (κ2) is 9.21. The topological polar surface area (TPSA) is 106 Å². The summed E-state index contributed by atoms with van der Waals surface area (Å²) in [5.41, 5.74) is 2.60. The third-order valence-electron chi connectivity index (χ3n) is 3.87. The minimum atomic E-state index is -3.38. The molecule has 1 heterocycles. The van der Waals surface area contributed by atoms with Crippen LogP contribution in [0.1, 0.15) is 11.4 Å². The van der Waals surface area contributed by atoms with Crippen molar-refractivity contribution in [1.29, 1.82) is 0 Å². The lowest BCUT2D eigenvalue weighted by molar-refractivity contribution is -0.113. The van der Waals surface area contributed by atoms with E-state index in [9.17, 15) is 13.2 Å². The van der Waals surface area contributed by atoms with Crippen LogP contribution in [0.5, 0.6) is 0 Å². The van der Waals surface area contributed by atoms with Gasteiger partial charge in [0, 0.05) is 11.4 Å². The van der Waals surface area contributed by atoms with Crippen LogP contribution in [0, 0.1) is 6.92 Å². The molecule has 29 heavy (non-hydrogen) atoms. The Morgan fingerprint density at radius 1 is 1.07 bits per heavy atom. The highest BCUT2D eigenvalue weighted by atomic mass is 32.2. The van der Waals surface area contributed by atoms with E-state index < -0.39 is 10.0 Å². The molecule has 0 radical (unpaired) electrons. The third kappa shape index (κ3) is 6.14. The van der Waals surface area contributed by atoms with E-state index in [2.05, 4.69) is 20.2 Å². The van der Waals surface area contributed by atoms with Gasteiger partial charge in [-0.1, -0.05) is 47.7 Å². The minimum absolute atomic E-state index is 0.00349. The predicted octanol–water partition coefficient (Wildman–Crippen LogP) is 2.36. The molecule has 0 unspecified atom stereocenters. The summed E-state index contributed by atoms with van der Waals surface area (Å²) in [4.78, 5) is 12.3. The number of aromatic nitrogens is 3. The summed E-state index contributed by atoms with van der Waals surface area (Å²) in [6.07, 6.45) is 1.09. The molecule has 0 spiro atoms. The number of amides is 1. The molecule has 2 N–H and O–H groups in total. The first-order valence-electron chi connectivity index (χ1n) is 8.75. The van der Waals surface area contributed by atoms with Crippen molar-refractivity contribution >= 4 is 33.4 Å². The zero-order valence-corrected chi connectivity index (χ0v) is 17.6. The molecule has 0 bridgehead atoms. The first-order valence-corrected chi connectivity index (χ1v) is 11.6. The molecule has 3 aromatic rings. The maximum absolute atomic E-state index is 12.3. The van der Waals surface area contributed by atoms with Crippen LogP contribution in [0.4, 0.5) is 5.69 Å². The van der Waals surface area contributed by atoms with Gasteiger partial charge in [-0.2, -0.15) is 0 Å². The summed E-state index contributed by atoms with van der Waals surface area (Å²) in [6, 6.07) is 16.9. The van der Waals surface area contributed by atoms with Crippen LogP contribution < -0.4 is 10.0 Å². The van der Waals surface area contributed by atoms with E-state index in [0.717, 1.165) is 23.2 Å². The molecule has 0 aliphatic carbocycles. The van der Waals surface area contributed by atoms with Gasteiger partial charge < -0.3 is 5.32 Å². The maximum Gasteiger partial charge on any atom is 0.234 e. The number of thioether (sulfide) groups is 1. The number of anilines is 1. The Labute approximate surface area is 173 Å². The SMILES string of the molecule is Cc1ccc(-n2c(CNS(C)(=O)=O)nnc2SCC(=O)Nc2ccccc2)cc1. The van der Waals surface area contributed by atoms with Gasteiger partial charge in [0.05, 0.1) is 18.6 Å². The van der Waals surface area contributed by atoms with Crippen LogP contribution in [0.15, 0.2) is 59.8 Å². The lowest BCUT2D eigenvalue weighted by Crippen LogP contribution is -2.23. The van der Waals surface area contributed by atoms with Gasteiger partial charge >= 0.3 is 0 Å². The van der Waals surface area contributed by atoms with Crippen LogP contribution in [0.2, 0.25) is 0 Å². The summed E-state index contributed by atoms with van der Waals surface area (Å²) in [7, 11) is -3.38. The smallest absolute Gasteiger partial charge is 0.234 e. The molecule has 0 saturated carbocycles. The first kappa shape index (κ1) is 21.0. The highest BCUT2D eigenvalue weighted by molar-refractivity contribution is 7.99. The molecule has 1 aromatic heterocycles. The number of hydrogen-bond donors (Lipinski definition) is 2. The highest BCUT2D eigenvalue weighted by Crippen LogP contribution is 2.23. The van der Waals surface area contributed by atoms with Crippen molar-refractivity contribution in [2.45, 2.75) is 18.6 Å². The van der Waals surface area contributed by atoms with Gasteiger partial charge in [0.15, 0.2) is 11.0 Å². The number of para-hydroxylation sites is 1. The minimum Gasteiger partial charge on any atom is -0.325 e. The predicted molar refractivity (Wildman–Crippen MR) is 114 cm³/mol. The van der Waals surface area contributed by atoms with Gasteiger partial charge in [0.2, 0.25) is 15.9 Å². The van der Waals surface area contributed by atoms with E-state index in [0.29, 0.717) is 11.0 Å². The Morgan fingerprint density at radius 2 is 1.76 bits per heavy atom. The summed E-state index contributed by atoms with van der Waals surface area (Å²) in [6.45, 7) is 1.97. The summed E-state index contributed by atoms with van der Waals surface area (Å²) in [5.74, 6) is 0.402. The average molecular weight is 432 g/mol. The number of rotatable bonds is 8. The van der Waals surface area contributed by atoms with E-state index >= 15 is 0 Å². The Kier molecular flexibility index (Phi) is 6.68. The van der Waals surface area contributed by atoms with E-state index in [1.54, 1.807) is 4.57 Å². The van der Waals surface area contributed by atoms with Gasteiger partial charge in [0.1, 0.15) is 0 Å². The zero-order chi connectivity index (χ0) is 20.9. The van der Waals surface area contributed by atoms with Crippen LogP contribution in [0.25, 0.3) is 5.69 Å². The third-order valence-corrected chi connectivity index (χ3v) is 5.47. The first-order chi connectivity index (χ1) is 13.8. The van der Waals surface area contributed by atoms with Crippen molar-refractivity contribution in [3.8, 4) is 5.69 Å². The van der Waals surface area contributed by atoms with E-state index in [4.69, 9.17) is 0 Å². The number of sulfonamides is 1. The molecule has 8 nitrogen and oxygen atoms in total. The summed E-state index contributed by atoms with van der Waals surface area (Å²) >= 11 is 1.23. The van der Waals surface area contributed by atoms with E-state index in [1.807, 2.05) is 61.5 Å². The fraction of sp³-hybridized carbons (Fsp3) is 0.211. The number of carbonyl (C=O) groups is 1. The second-order valence-electron chi connectivity index (χ2n) is 6.37. The van der Waals surface area contributed by atoms with Crippen molar-refractivity contribution in [2.24, 2.45) is 0 Å². The average Bonchev–Trinajstić information content (AvgIpc) is 3.08. The molecule has 0 aliphatic heterocycles. The Balaban J connectivity index is 1.79. The molecule has 2 aromatic carbocycles. The molecule has 1 amide bonds. The number of nitrogens with zero attached hydrogens (tertiary/aromatic N) is 3. The molecule has 0 aliphatic rings. The van der Waals surface area contributed by atoms with Gasteiger partial charge in [-0.15, -0.1) is 10.2 Å². The monoisotopic (exact) mass is 431 g/mol. The lowest BCUT2D eigenvalue weighted by Gasteiger charge is -2.11. The standard InChI is InChI=1S/C19H21N5O3S2/c1-14-8-10-16(11-9-14)24-17(12-20-29(2,26)27)22-23-19(24)28-13-18(25)21-15-6-4-3-5-7-15/h3-11,20H,12-13H2,1-2H3,(H,21,25). The molecule has 0 saturated heterocycles. The summed E-state index contributed by atoms with van der Waals surface area (Å²) in [5, 5.41) is 11.6. The molecular weight excluding hydrogens is 410 g/mol. The number of hydrogen-bond acceptors (Lipinski definition) is 6. The number of carbonyl (C=O) groups excluding carboxylic acids is 1. The normalized spacial score (nSPS) is 11.4. The highest BCUT2D eigenvalue weighted by Gasteiger charge is 2.17. The van der Waals surface area contributed by atoms with Crippen molar-refractivity contribution in [1.82, 2.24) is 19.5 Å². The fourth-order valence-corrected chi connectivity index (χ4v) is 3.67. The van der Waals surface area contributed by atoms with Crippen molar-refractivity contribution in [2.75, 3.05) is 17.3 Å². The number of nitrogens with one attached hydrogen (secondary N) is 2. The Morgan fingerprint density at radius 3 is 2.41 bits per heavy atom. The van der Waals surface area contributed by atoms with Crippen LogP contribution >= 0.6 is 11.8 Å². The quantitative estimate of drug-likeness (QED) is 0.531. The van der Waals surface area contributed by atoms with E-state index in [-0.39, 0.29) is 18.2 Å². The number of aryl methyl sites for hydroxylation is 1. The Hall–Kier alpha value is -2.69. The van der Waals surface area contributed by atoms with Gasteiger partial charge in [-0.3, -0.25) is 9.36 Å². The largest absolute Gasteiger partial charge is 0.325 e. The summed E-state index contributed by atoms with van der Waals surface area (Å²) < 4.78 is 27.1. The molecule has 152 valence electrons. The Bertz CT molecular complexity index is 1080. The molecule has 0 fully saturated rings. The maximum atomic E-state index is 12.3. The molecule has 10 heteroatoms. The molecule has 0 atom stereocenters. The molecule has 3 rings (SSSR count). The van der Waals surface area contributed by atoms with Crippen LogP contribution in [0.3, 0.4) is 0 Å². The van der Waals surface area contributed by atoms with Crippen LogP contribution in [-0.4, -0.2) is 41.1 Å². The van der Waals surface area contributed by atoms with Gasteiger partial charge in [-0.05, 0) is 31.2 Å². The number of benzene rings is 2. The fourth-order valence-electron chi connectivity index (χ4n) is 2.51. The lowest BCUT2D eigenvalue weighted by atomic mass is 10.2.